The maximum Gasteiger partial charge on any atom is 0.243 e. The molecule has 0 bridgehead atoms. The molecule has 0 unspecified atom stereocenters. The van der Waals surface area contributed by atoms with Crippen LogP contribution >= 0.6 is 12.2 Å². The third-order valence-electron chi connectivity index (χ3n) is 4.74. The van der Waals surface area contributed by atoms with Crippen molar-refractivity contribution in [3.63, 3.8) is 0 Å². The molecule has 0 aliphatic carbocycles. The molecule has 144 valence electrons. The number of hydrogen-bond acceptors (Lipinski definition) is 3. The molecule has 0 aromatic heterocycles. The summed E-state index contributed by atoms with van der Waals surface area (Å²) >= 11 is 5.51. The molecule has 0 spiro atoms. The van der Waals surface area contributed by atoms with Crippen LogP contribution in [0.25, 0.3) is 0 Å². The molecular weight excluding hydrogens is 378 g/mol. The number of nitrogens with zero attached hydrogens (tertiary/aromatic N) is 2. The summed E-state index contributed by atoms with van der Waals surface area (Å²) in [7, 11) is -3.48. The number of hydrogen-bond donors (Lipinski definition) is 1. The van der Waals surface area contributed by atoms with Crippen molar-refractivity contribution < 1.29 is 8.42 Å². The summed E-state index contributed by atoms with van der Waals surface area (Å²) in [6.07, 6.45) is 0. The van der Waals surface area contributed by atoms with Crippen LogP contribution in [0.2, 0.25) is 0 Å². The maximum atomic E-state index is 13.0. The molecule has 0 radical (unpaired) electrons. The van der Waals surface area contributed by atoms with E-state index in [4.69, 9.17) is 12.2 Å². The van der Waals surface area contributed by atoms with Crippen molar-refractivity contribution in [2.24, 2.45) is 0 Å². The van der Waals surface area contributed by atoms with Gasteiger partial charge in [0.25, 0.3) is 0 Å². The fraction of sp³-hybridized carbons (Fsp3) is 0.350. The van der Waals surface area contributed by atoms with E-state index in [9.17, 15) is 8.42 Å². The van der Waals surface area contributed by atoms with Gasteiger partial charge in [0, 0.05) is 31.9 Å². The van der Waals surface area contributed by atoms with Gasteiger partial charge in [-0.3, -0.25) is 0 Å². The SMILES string of the molecule is Cc1cccc(NC(=S)N2CCN(S(=O)(=O)c3ccc(C)cc3C)CC2)c1. The maximum absolute atomic E-state index is 13.0. The summed E-state index contributed by atoms with van der Waals surface area (Å²) in [5.74, 6) is 0. The Morgan fingerprint density at radius 3 is 2.26 bits per heavy atom. The van der Waals surface area contributed by atoms with Gasteiger partial charge in [-0.2, -0.15) is 4.31 Å². The lowest BCUT2D eigenvalue weighted by atomic mass is 10.2. The highest BCUT2D eigenvalue weighted by Crippen LogP contribution is 2.22. The van der Waals surface area contributed by atoms with Gasteiger partial charge in [0.05, 0.1) is 4.90 Å². The molecule has 1 N–H and O–H groups in total. The normalized spacial score (nSPS) is 15.6. The fourth-order valence-electron chi connectivity index (χ4n) is 3.28. The minimum atomic E-state index is -3.48. The number of aryl methyl sites for hydroxylation is 3. The summed E-state index contributed by atoms with van der Waals surface area (Å²) in [6.45, 7) is 7.83. The quantitative estimate of drug-likeness (QED) is 0.797. The van der Waals surface area contributed by atoms with Crippen molar-refractivity contribution in [3.8, 4) is 0 Å². The Balaban J connectivity index is 1.65. The van der Waals surface area contributed by atoms with E-state index >= 15 is 0 Å². The van der Waals surface area contributed by atoms with E-state index in [1.165, 1.54) is 0 Å². The molecule has 1 heterocycles. The zero-order chi connectivity index (χ0) is 19.6. The molecule has 0 atom stereocenters. The molecule has 2 aromatic carbocycles. The number of sulfonamides is 1. The fourth-order valence-corrected chi connectivity index (χ4v) is 5.21. The lowest BCUT2D eigenvalue weighted by Gasteiger charge is -2.35. The molecule has 1 aliphatic heterocycles. The Morgan fingerprint density at radius 1 is 0.963 bits per heavy atom. The van der Waals surface area contributed by atoms with E-state index < -0.39 is 10.0 Å². The van der Waals surface area contributed by atoms with Gasteiger partial charge in [-0.1, -0.05) is 29.8 Å². The topological polar surface area (TPSA) is 52.6 Å². The first-order chi connectivity index (χ1) is 12.8. The molecule has 0 saturated carbocycles. The van der Waals surface area contributed by atoms with Crippen molar-refractivity contribution in [3.05, 3.63) is 59.2 Å². The molecule has 27 heavy (non-hydrogen) atoms. The molecule has 1 aliphatic rings. The summed E-state index contributed by atoms with van der Waals surface area (Å²) in [5, 5.41) is 3.87. The first kappa shape index (κ1) is 19.8. The molecule has 7 heteroatoms. The predicted molar refractivity (Wildman–Crippen MR) is 114 cm³/mol. The van der Waals surface area contributed by atoms with Gasteiger partial charge < -0.3 is 10.2 Å². The number of benzene rings is 2. The second-order valence-corrected chi connectivity index (χ2v) is 9.25. The third-order valence-corrected chi connectivity index (χ3v) is 7.16. The van der Waals surface area contributed by atoms with Crippen LogP contribution in [0.1, 0.15) is 16.7 Å². The van der Waals surface area contributed by atoms with Crippen molar-refractivity contribution in [1.82, 2.24) is 9.21 Å². The molecular formula is C20H25N3O2S2. The van der Waals surface area contributed by atoms with Crippen LogP contribution in [0.3, 0.4) is 0 Å². The van der Waals surface area contributed by atoms with Crippen LogP contribution in [-0.4, -0.2) is 48.9 Å². The van der Waals surface area contributed by atoms with E-state index in [1.807, 2.05) is 62.1 Å². The predicted octanol–water partition coefficient (Wildman–Crippen LogP) is 3.32. The van der Waals surface area contributed by atoms with E-state index in [0.29, 0.717) is 36.2 Å². The lowest BCUT2D eigenvalue weighted by Crippen LogP contribution is -2.51. The van der Waals surface area contributed by atoms with Crippen LogP contribution in [0, 0.1) is 20.8 Å². The van der Waals surface area contributed by atoms with Crippen molar-refractivity contribution in [2.75, 3.05) is 31.5 Å². The largest absolute Gasteiger partial charge is 0.346 e. The Labute approximate surface area is 167 Å². The van der Waals surface area contributed by atoms with Crippen LogP contribution < -0.4 is 5.32 Å². The summed E-state index contributed by atoms with van der Waals surface area (Å²) in [4.78, 5) is 2.41. The molecule has 0 amide bonds. The highest BCUT2D eigenvalue weighted by Gasteiger charge is 2.30. The van der Waals surface area contributed by atoms with E-state index in [-0.39, 0.29) is 0 Å². The van der Waals surface area contributed by atoms with Crippen molar-refractivity contribution in [1.29, 1.82) is 0 Å². The zero-order valence-corrected chi connectivity index (χ0v) is 17.5. The third kappa shape index (κ3) is 4.48. The molecule has 1 saturated heterocycles. The first-order valence-corrected chi connectivity index (χ1v) is 10.8. The van der Waals surface area contributed by atoms with Crippen LogP contribution in [0.5, 0.6) is 0 Å². The number of anilines is 1. The minimum absolute atomic E-state index is 0.391. The highest BCUT2D eigenvalue weighted by atomic mass is 32.2. The van der Waals surface area contributed by atoms with Gasteiger partial charge in [-0.25, -0.2) is 8.42 Å². The van der Waals surface area contributed by atoms with Gasteiger partial charge in [0.2, 0.25) is 10.0 Å². The molecule has 5 nitrogen and oxygen atoms in total. The van der Waals surface area contributed by atoms with Crippen molar-refractivity contribution >= 4 is 33.0 Å². The number of piperazine rings is 1. The first-order valence-electron chi connectivity index (χ1n) is 8.97. The number of thiocarbonyl (C=S) groups is 1. The highest BCUT2D eigenvalue weighted by molar-refractivity contribution is 7.89. The Hall–Kier alpha value is -1.96. The van der Waals surface area contributed by atoms with Gasteiger partial charge in [-0.05, 0) is 62.3 Å². The molecule has 1 fully saturated rings. The van der Waals surface area contributed by atoms with Gasteiger partial charge in [-0.15, -0.1) is 0 Å². The summed E-state index contributed by atoms with van der Waals surface area (Å²) < 4.78 is 27.5. The number of rotatable bonds is 3. The summed E-state index contributed by atoms with van der Waals surface area (Å²) in [6, 6.07) is 13.5. The molecule has 3 rings (SSSR count). The van der Waals surface area contributed by atoms with Gasteiger partial charge in [0.15, 0.2) is 5.11 Å². The van der Waals surface area contributed by atoms with Crippen LogP contribution in [0.4, 0.5) is 5.69 Å². The Morgan fingerprint density at radius 2 is 1.63 bits per heavy atom. The van der Waals surface area contributed by atoms with Crippen LogP contribution in [0.15, 0.2) is 47.4 Å². The van der Waals surface area contributed by atoms with Crippen molar-refractivity contribution in [2.45, 2.75) is 25.7 Å². The average Bonchev–Trinajstić information content (AvgIpc) is 2.61. The van der Waals surface area contributed by atoms with Gasteiger partial charge in [0.1, 0.15) is 0 Å². The average molecular weight is 404 g/mol. The zero-order valence-electron chi connectivity index (χ0n) is 15.9. The lowest BCUT2D eigenvalue weighted by molar-refractivity contribution is 0.268. The monoisotopic (exact) mass is 403 g/mol. The minimum Gasteiger partial charge on any atom is -0.346 e. The Bertz CT molecular complexity index is 949. The van der Waals surface area contributed by atoms with E-state index in [2.05, 4.69) is 5.32 Å². The summed E-state index contributed by atoms with van der Waals surface area (Å²) in [5.41, 5.74) is 3.95. The smallest absolute Gasteiger partial charge is 0.243 e. The van der Waals surface area contributed by atoms with E-state index in [1.54, 1.807) is 10.4 Å². The van der Waals surface area contributed by atoms with E-state index in [0.717, 1.165) is 22.4 Å². The van der Waals surface area contributed by atoms with Crippen LogP contribution in [-0.2, 0) is 10.0 Å². The number of nitrogens with one attached hydrogen (secondary N) is 1. The second kappa shape index (κ2) is 7.96. The second-order valence-electron chi connectivity index (χ2n) is 6.96. The molecule has 2 aromatic rings. The van der Waals surface area contributed by atoms with Gasteiger partial charge >= 0.3 is 0 Å². The standard InChI is InChI=1S/C20H25N3O2S2/c1-15-5-4-6-18(14-15)21-20(26)22-9-11-23(12-10-22)27(24,25)19-8-7-16(2)13-17(19)3/h4-8,13-14H,9-12H2,1-3H3,(H,21,26). The Kier molecular flexibility index (Phi) is 5.83.